The molecule has 2 unspecified atom stereocenters. The molecule has 2 atom stereocenters. The molecule has 2 rings (SSSR count). The maximum absolute atomic E-state index is 10.0. The topological polar surface area (TPSA) is 20.2 Å². The van der Waals surface area contributed by atoms with E-state index >= 15 is 0 Å². The zero-order chi connectivity index (χ0) is 10.3. The molecule has 0 aliphatic heterocycles. The Hall–Kier alpha value is -0.530. The molecule has 0 bridgehead atoms. The molecule has 0 aromatic heterocycles. The van der Waals surface area contributed by atoms with Gasteiger partial charge in [-0.2, -0.15) is 0 Å². The van der Waals surface area contributed by atoms with E-state index in [-0.39, 0.29) is 6.10 Å². The summed E-state index contributed by atoms with van der Waals surface area (Å²) < 4.78 is 0. The number of benzene rings is 1. The second-order valence-corrected chi connectivity index (χ2v) is 5.23. The molecule has 76 valence electrons. The predicted molar refractivity (Wildman–Crippen MR) is 58.3 cm³/mol. The Kier molecular flexibility index (Phi) is 2.32. The van der Waals surface area contributed by atoms with Crippen LogP contribution in [0.15, 0.2) is 24.3 Å². The van der Waals surface area contributed by atoms with Crippen LogP contribution in [-0.4, -0.2) is 5.11 Å². The summed E-state index contributed by atoms with van der Waals surface area (Å²) >= 11 is 5.79. The molecular formula is C12H15ClO. The van der Waals surface area contributed by atoms with Crippen LogP contribution < -0.4 is 0 Å². The molecule has 0 heterocycles. The van der Waals surface area contributed by atoms with Crippen LogP contribution >= 0.6 is 11.6 Å². The van der Waals surface area contributed by atoms with Crippen molar-refractivity contribution in [1.82, 2.24) is 0 Å². The third-order valence-corrected chi connectivity index (χ3v) is 3.43. The van der Waals surface area contributed by atoms with Crippen LogP contribution in [0.2, 0.25) is 5.02 Å². The number of hydrogen-bond acceptors (Lipinski definition) is 1. The average molecular weight is 211 g/mol. The third kappa shape index (κ3) is 1.79. The van der Waals surface area contributed by atoms with Crippen molar-refractivity contribution in [2.45, 2.75) is 26.4 Å². The molecule has 0 spiro atoms. The molecule has 1 N–H and O–H groups in total. The van der Waals surface area contributed by atoms with Crippen LogP contribution in [0.25, 0.3) is 0 Å². The number of hydrogen-bond donors (Lipinski definition) is 1. The van der Waals surface area contributed by atoms with Gasteiger partial charge in [0.05, 0.1) is 6.10 Å². The summed E-state index contributed by atoms with van der Waals surface area (Å²) in [5.74, 6) is 0.406. The van der Waals surface area contributed by atoms with E-state index in [4.69, 9.17) is 11.6 Å². The normalized spacial score (nSPS) is 25.9. The van der Waals surface area contributed by atoms with Crippen LogP contribution in [0.4, 0.5) is 0 Å². The van der Waals surface area contributed by atoms with Gasteiger partial charge in [0.15, 0.2) is 0 Å². The summed E-state index contributed by atoms with van der Waals surface area (Å²) in [5.41, 5.74) is 1.28. The predicted octanol–water partition coefficient (Wildman–Crippen LogP) is 3.42. The second kappa shape index (κ2) is 3.25. The third-order valence-electron chi connectivity index (χ3n) is 3.18. The summed E-state index contributed by atoms with van der Waals surface area (Å²) in [6, 6.07) is 7.47. The van der Waals surface area contributed by atoms with Crippen molar-refractivity contribution in [2.75, 3.05) is 0 Å². The monoisotopic (exact) mass is 210 g/mol. The van der Waals surface area contributed by atoms with Crippen molar-refractivity contribution >= 4 is 11.6 Å². The van der Waals surface area contributed by atoms with Crippen molar-refractivity contribution in [1.29, 1.82) is 0 Å². The molecule has 1 saturated carbocycles. The van der Waals surface area contributed by atoms with Gasteiger partial charge in [-0.1, -0.05) is 37.6 Å². The Morgan fingerprint density at radius 3 is 2.29 bits per heavy atom. The van der Waals surface area contributed by atoms with Crippen LogP contribution in [0.3, 0.4) is 0 Å². The molecule has 1 aromatic rings. The Balaban J connectivity index is 2.13. The average Bonchev–Trinajstić information content (AvgIpc) is 2.75. The van der Waals surface area contributed by atoms with Gasteiger partial charge in [0, 0.05) is 5.02 Å². The van der Waals surface area contributed by atoms with Crippen LogP contribution in [0.5, 0.6) is 0 Å². The first-order chi connectivity index (χ1) is 6.50. The number of halogens is 1. The standard InChI is InChI=1S/C12H15ClO/c1-12(2)7-10(12)11(14)8-3-5-9(13)6-4-8/h3-6,10-11,14H,7H2,1-2H3. The molecule has 1 nitrogen and oxygen atoms in total. The molecule has 1 fully saturated rings. The van der Waals surface area contributed by atoms with E-state index in [1.54, 1.807) is 0 Å². The molecule has 0 saturated heterocycles. The number of aliphatic hydroxyl groups is 1. The maximum atomic E-state index is 10.0. The summed E-state index contributed by atoms with van der Waals surface area (Å²) in [6.45, 7) is 4.38. The smallest absolute Gasteiger partial charge is 0.0823 e. The van der Waals surface area contributed by atoms with E-state index in [9.17, 15) is 5.11 Å². The van der Waals surface area contributed by atoms with Crippen LogP contribution in [0.1, 0.15) is 31.9 Å². The fourth-order valence-electron chi connectivity index (χ4n) is 1.94. The molecule has 14 heavy (non-hydrogen) atoms. The highest BCUT2D eigenvalue weighted by Crippen LogP contribution is 2.57. The lowest BCUT2D eigenvalue weighted by Gasteiger charge is -2.12. The van der Waals surface area contributed by atoms with Gasteiger partial charge in [-0.3, -0.25) is 0 Å². The Bertz CT molecular complexity index is 329. The zero-order valence-electron chi connectivity index (χ0n) is 8.50. The van der Waals surface area contributed by atoms with Crippen molar-refractivity contribution in [3.63, 3.8) is 0 Å². The van der Waals surface area contributed by atoms with Crippen molar-refractivity contribution in [3.8, 4) is 0 Å². The fourth-order valence-corrected chi connectivity index (χ4v) is 2.07. The van der Waals surface area contributed by atoms with Gasteiger partial charge < -0.3 is 5.11 Å². The Morgan fingerprint density at radius 2 is 1.86 bits per heavy atom. The lowest BCUT2D eigenvalue weighted by Crippen LogP contribution is -2.04. The van der Waals surface area contributed by atoms with Gasteiger partial charge in [0.2, 0.25) is 0 Å². The minimum Gasteiger partial charge on any atom is -0.388 e. The highest BCUT2D eigenvalue weighted by Gasteiger charge is 2.50. The zero-order valence-corrected chi connectivity index (χ0v) is 9.25. The SMILES string of the molecule is CC1(C)CC1C(O)c1ccc(Cl)cc1. The quantitative estimate of drug-likeness (QED) is 0.793. The molecule has 2 heteroatoms. The van der Waals surface area contributed by atoms with E-state index < -0.39 is 0 Å². The number of rotatable bonds is 2. The van der Waals surface area contributed by atoms with Crippen LogP contribution in [-0.2, 0) is 0 Å². The van der Waals surface area contributed by atoms with E-state index in [2.05, 4.69) is 13.8 Å². The first-order valence-electron chi connectivity index (χ1n) is 4.94. The van der Waals surface area contributed by atoms with Crippen molar-refractivity contribution < 1.29 is 5.11 Å². The molecule has 0 radical (unpaired) electrons. The van der Waals surface area contributed by atoms with E-state index in [0.717, 1.165) is 17.0 Å². The second-order valence-electron chi connectivity index (χ2n) is 4.80. The minimum absolute atomic E-state index is 0.305. The first-order valence-corrected chi connectivity index (χ1v) is 5.32. The largest absolute Gasteiger partial charge is 0.388 e. The Labute approximate surface area is 89.7 Å². The molecule has 1 aliphatic carbocycles. The van der Waals surface area contributed by atoms with Crippen molar-refractivity contribution in [3.05, 3.63) is 34.9 Å². The highest BCUT2D eigenvalue weighted by atomic mass is 35.5. The van der Waals surface area contributed by atoms with E-state index in [0.29, 0.717) is 11.3 Å². The summed E-state index contributed by atoms with van der Waals surface area (Å²) in [4.78, 5) is 0. The van der Waals surface area contributed by atoms with Gasteiger partial charge in [0.25, 0.3) is 0 Å². The fraction of sp³-hybridized carbons (Fsp3) is 0.500. The van der Waals surface area contributed by atoms with Crippen LogP contribution in [0, 0.1) is 11.3 Å². The first kappa shape index (κ1) is 10.0. The highest BCUT2D eigenvalue weighted by molar-refractivity contribution is 6.30. The molecule has 0 amide bonds. The van der Waals surface area contributed by atoms with Gasteiger partial charge >= 0.3 is 0 Å². The molecular weight excluding hydrogens is 196 g/mol. The van der Waals surface area contributed by atoms with Gasteiger partial charge in [-0.25, -0.2) is 0 Å². The van der Waals surface area contributed by atoms with Gasteiger partial charge in [-0.05, 0) is 35.4 Å². The van der Waals surface area contributed by atoms with E-state index in [1.165, 1.54) is 0 Å². The van der Waals surface area contributed by atoms with Crippen molar-refractivity contribution in [2.24, 2.45) is 11.3 Å². The number of aliphatic hydroxyl groups excluding tert-OH is 1. The minimum atomic E-state index is -0.331. The molecule has 1 aromatic carbocycles. The summed E-state index contributed by atoms with van der Waals surface area (Å²) in [7, 11) is 0. The van der Waals surface area contributed by atoms with Gasteiger partial charge in [0.1, 0.15) is 0 Å². The van der Waals surface area contributed by atoms with Gasteiger partial charge in [-0.15, -0.1) is 0 Å². The van der Waals surface area contributed by atoms with E-state index in [1.807, 2.05) is 24.3 Å². The lowest BCUT2D eigenvalue weighted by molar-refractivity contribution is 0.138. The lowest BCUT2D eigenvalue weighted by atomic mass is 10.00. The summed E-state index contributed by atoms with van der Waals surface area (Å²) in [5, 5.41) is 10.8. The Morgan fingerprint density at radius 1 is 1.36 bits per heavy atom. The molecule has 1 aliphatic rings. The summed E-state index contributed by atoms with van der Waals surface area (Å²) in [6.07, 6.45) is 0.777. The maximum Gasteiger partial charge on any atom is 0.0823 e.